The number of para-hydroxylation sites is 1. The minimum Gasteiger partial charge on any atom is -0.309 e. The predicted molar refractivity (Wildman–Crippen MR) is 73.7 cm³/mol. The van der Waals surface area contributed by atoms with Crippen LogP contribution in [0.3, 0.4) is 0 Å². The normalized spacial score (nSPS) is 21.5. The summed E-state index contributed by atoms with van der Waals surface area (Å²) < 4.78 is 0. The van der Waals surface area contributed by atoms with Crippen molar-refractivity contribution in [2.75, 3.05) is 17.2 Å². The van der Waals surface area contributed by atoms with Crippen molar-refractivity contribution in [3.8, 4) is 0 Å². The van der Waals surface area contributed by atoms with Crippen molar-refractivity contribution in [2.24, 2.45) is 0 Å². The first-order chi connectivity index (χ1) is 9.27. The summed E-state index contributed by atoms with van der Waals surface area (Å²) in [5, 5.41) is 0.959. The number of rotatable bonds is 0. The maximum atomic E-state index is 12.6. The smallest absolute Gasteiger partial charge is 0.260 e. The third kappa shape index (κ3) is 1.42. The highest BCUT2D eigenvalue weighted by Crippen LogP contribution is 2.44. The second-order valence-corrected chi connectivity index (χ2v) is 5.81. The minimum absolute atomic E-state index is 0.0263. The average Bonchev–Trinajstić information content (AvgIpc) is 3.02. The molecule has 0 bridgehead atoms. The summed E-state index contributed by atoms with van der Waals surface area (Å²) in [6, 6.07) is 7.40. The van der Waals surface area contributed by atoms with Crippen molar-refractivity contribution in [1.29, 1.82) is 0 Å². The molecule has 5 heteroatoms. The van der Waals surface area contributed by atoms with Crippen LogP contribution in [-0.4, -0.2) is 29.0 Å². The maximum absolute atomic E-state index is 12.6. The zero-order valence-corrected chi connectivity index (χ0v) is 11.1. The van der Waals surface area contributed by atoms with Crippen LogP contribution in [0, 0.1) is 0 Å². The maximum Gasteiger partial charge on any atom is 0.260 e. The quantitative estimate of drug-likeness (QED) is 0.727. The third-order valence-corrected chi connectivity index (χ3v) is 4.86. The van der Waals surface area contributed by atoms with Crippen LogP contribution in [0.4, 0.5) is 5.69 Å². The van der Waals surface area contributed by atoms with Crippen LogP contribution in [0.2, 0.25) is 0 Å². The fourth-order valence-corrected chi connectivity index (χ4v) is 4.04. The van der Waals surface area contributed by atoms with E-state index in [4.69, 9.17) is 0 Å². The number of amides is 2. The number of fused-ring (bicyclic) bond motifs is 4. The van der Waals surface area contributed by atoms with Gasteiger partial charge in [0.2, 0.25) is 5.91 Å². The average molecular weight is 272 g/mol. The lowest BCUT2D eigenvalue weighted by atomic mass is 10.1. The molecule has 3 aliphatic heterocycles. The fraction of sp³-hybridized carbons (Fsp3) is 0.286. The van der Waals surface area contributed by atoms with E-state index in [1.807, 2.05) is 29.2 Å². The number of benzene rings is 1. The van der Waals surface area contributed by atoms with E-state index in [9.17, 15) is 9.59 Å². The molecule has 4 nitrogen and oxygen atoms in total. The molecule has 0 aromatic heterocycles. The molecule has 0 atom stereocenters. The molecule has 2 fully saturated rings. The van der Waals surface area contributed by atoms with Crippen molar-refractivity contribution < 1.29 is 9.59 Å². The molecule has 3 heterocycles. The SMILES string of the molecule is O=C1c2ccccc2N2C(=O)CSC2=C2CCCN12. The summed E-state index contributed by atoms with van der Waals surface area (Å²) in [5.74, 6) is 0.565. The molecule has 3 aliphatic rings. The second kappa shape index (κ2) is 3.87. The van der Waals surface area contributed by atoms with Gasteiger partial charge in [0.25, 0.3) is 5.91 Å². The lowest BCUT2D eigenvalue weighted by Crippen LogP contribution is -2.25. The summed E-state index contributed by atoms with van der Waals surface area (Å²) in [5.41, 5.74) is 2.39. The lowest BCUT2D eigenvalue weighted by molar-refractivity contribution is -0.115. The Labute approximate surface area is 115 Å². The van der Waals surface area contributed by atoms with Gasteiger partial charge < -0.3 is 4.90 Å². The molecule has 0 unspecified atom stereocenters. The first-order valence-electron chi connectivity index (χ1n) is 6.37. The molecule has 2 amide bonds. The molecule has 0 aliphatic carbocycles. The van der Waals surface area contributed by atoms with E-state index in [2.05, 4.69) is 0 Å². The van der Waals surface area contributed by atoms with Crippen LogP contribution >= 0.6 is 11.8 Å². The monoisotopic (exact) mass is 272 g/mol. The van der Waals surface area contributed by atoms with Crippen molar-refractivity contribution in [1.82, 2.24) is 4.90 Å². The first kappa shape index (κ1) is 11.1. The Morgan fingerprint density at radius 2 is 2.00 bits per heavy atom. The number of thioether (sulfide) groups is 1. The molecule has 0 saturated carbocycles. The Morgan fingerprint density at radius 3 is 2.89 bits per heavy atom. The van der Waals surface area contributed by atoms with Crippen molar-refractivity contribution in [3.05, 3.63) is 40.6 Å². The predicted octanol–water partition coefficient (Wildman–Crippen LogP) is 2.19. The summed E-state index contributed by atoms with van der Waals surface area (Å²) in [6.45, 7) is 0.759. The van der Waals surface area contributed by atoms with E-state index >= 15 is 0 Å². The van der Waals surface area contributed by atoms with E-state index in [-0.39, 0.29) is 11.8 Å². The van der Waals surface area contributed by atoms with Gasteiger partial charge in [-0.3, -0.25) is 14.5 Å². The molecule has 96 valence electrons. The molecule has 0 N–H and O–H groups in total. The van der Waals surface area contributed by atoms with Crippen LogP contribution in [0.15, 0.2) is 35.0 Å². The Morgan fingerprint density at radius 1 is 1.16 bits per heavy atom. The molecule has 4 rings (SSSR count). The number of anilines is 1. The van der Waals surface area contributed by atoms with E-state index in [1.165, 1.54) is 0 Å². The highest BCUT2D eigenvalue weighted by atomic mass is 32.2. The summed E-state index contributed by atoms with van der Waals surface area (Å²) >= 11 is 1.55. The van der Waals surface area contributed by atoms with Gasteiger partial charge in [0.1, 0.15) is 5.03 Å². The van der Waals surface area contributed by atoms with Crippen LogP contribution in [0.5, 0.6) is 0 Å². The molecule has 0 radical (unpaired) electrons. The first-order valence-corrected chi connectivity index (χ1v) is 7.36. The summed E-state index contributed by atoms with van der Waals surface area (Å²) in [7, 11) is 0. The number of nitrogens with zero attached hydrogens (tertiary/aromatic N) is 2. The molecular weight excluding hydrogens is 260 g/mol. The number of carbonyl (C=O) groups is 2. The molecule has 0 spiro atoms. The fourth-order valence-electron chi connectivity index (χ4n) is 2.94. The van der Waals surface area contributed by atoms with E-state index in [1.54, 1.807) is 16.7 Å². The molecule has 1 aromatic rings. The second-order valence-electron chi connectivity index (χ2n) is 4.85. The number of hydrogen-bond donors (Lipinski definition) is 0. The largest absolute Gasteiger partial charge is 0.309 e. The van der Waals surface area contributed by atoms with Crippen LogP contribution < -0.4 is 4.90 Å². The van der Waals surface area contributed by atoms with Gasteiger partial charge in [-0.2, -0.15) is 0 Å². The number of allylic oxidation sites excluding steroid dienone is 1. The van der Waals surface area contributed by atoms with Crippen molar-refractivity contribution in [3.63, 3.8) is 0 Å². The van der Waals surface area contributed by atoms with Crippen LogP contribution in [0.25, 0.3) is 0 Å². The van der Waals surface area contributed by atoms with E-state index in [0.717, 1.165) is 35.8 Å². The van der Waals surface area contributed by atoms with Gasteiger partial charge in [0, 0.05) is 6.54 Å². The van der Waals surface area contributed by atoms with Gasteiger partial charge in [-0.05, 0) is 25.0 Å². The van der Waals surface area contributed by atoms with Gasteiger partial charge in [0.15, 0.2) is 0 Å². The van der Waals surface area contributed by atoms with Crippen molar-refractivity contribution >= 4 is 29.3 Å². The van der Waals surface area contributed by atoms with E-state index < -0.39 is 0 Å². The Kier molecular flexibility index (Phi) is 2.26. The van der Waals surface area contributed by atoms with Crippen LogP contribution in [-0.2, 0) is 4.79 Å². The number of hydrogen-bond acceptors (Lipinski definition) is 3. The third-order valence-electron chi connectivity index (χ3n) is 3.77. The standard InChI is InChI=1S/C14H12N2O2S/c17-12-8-19-14-11-6-3-7-15(11)13(18)9-4-1-2-5-10(9)16(12)14/h1-2,4-5H,3,6-8H2. The molecule has 2 saturated heterocycles. The Hall–Kier alpha value is -1.75. The lowest BCUT2D eigenvalue weighted by Gasteiger charge is -2.18. The highest BCUT2D eigenvalue weighted by molar-refractivity contribution is 8.04. The Bertz CT molecular complexity index is 638. The van der Waals surface area contributed by atoms with E-state index in [0.29, 0.717) is 11.3 Å². The molecule has 1 aromatic carbocycles. The summed E-state index contributed by atoms with van der Waals surface area (Å²) in [4.78, 5) is 28.3. The topological polar surface area (TPSA) is 40.6 Å². The van der Waals surface area contributed by atoms with Gasteiger partial charge in [0.05, 0.1) is 22.7 Å². The minimum atomic E-state index is 0.0263. The highest BCUT2D eigenvalue weighted by Gasteiger charge is 2.40. The summed E-state index contributed by atoms with van der Waals surface area (Å²) in [6.07, 6.45) is 1.86. The van der Waals surface area contributed by atoms with Crippen molar-refractivity contribution in [2.45, 2.75) is 12.8 Å². The Balaban J connectivity index is 2.01. The van der Waals surface area contributed by atoms with Gasteiger partial charge in [-0.15, -0.1) is 0 Å². The number of carbonyl (C=O) groups excluding carboxylic acids is 2. The van der Waals surface area contributed by atoms with Crippen LogP contribution in [0.1, 0.15) is 23.2 Å². The van der Waals surface area contributed by atoms with Gasteiger partial charge in [-0.1, -0.05) is 23.9 Å². The zero-order chi connectivity index (χ0) is 13.0. The van der Waals surface area contributed by atoms with Gasteiger partial charge >= 0.3 is 0 Å². The molecule has 19 heavy (non-hydrogen) atoms. The molecular formula is C14H12N2O2S. The van der Waals surface area contributed by atoms with Gasteiger partial charge in [-0.25, -0.2) is 0 Å². The zero-order valence-electron chi connectivity index (χ0n) is 10.3.